The van der Waals surface area contributed by atoms with Crippen LogP contribution in [0.1, 0.15) is 24.0 Å². The van der Waals surface area contributed by atoms with Crippen molar-refractivity contribution in [3.8, 4) is 0 Å². The first kappa shape index (κ1) is 16.9. The molecule has 1 aliphatic rings. The summed E-state index contributed by atoms with van der Waals surface area (Å²) in [6.07, 6.45) is 4.24. The Morgan fingerprint density at radius 1 is 1.32 bits per heavy atom. The van der Waals surface area contributed by atoms with Crippen LogP contribution in [0.3, 0.4) is 0 Å². The van der Waals surface area contributed by atoms with Gasteiger partial charge in [-0.05, 0) is 24.6 Å². The zero-order valence-electron chi connectivity index (χ0n) is 14.6. The lowest BCUT2D eigenvalue weighted by atomic mass is 10.1. The number of nitrogens with zero attached hydrogens (tertiary/aromatic N) is 5. The third-order valence-electron chi connectivity index (χ3n) is 4.05. The van der Waals surface area contributed by atoms with Crippen molar-refractivity contribution in [1.29, 1.82) is 0 Å². The van der Waals surface area contributed by atoms with Crippen LogP contribution in [0, 0.1) is 6.92 Å². The summed E-state index contributed by atoms with van der Waals surface area (Å²) in [5, 5.41) is 9.77. The van der Waals surface area contributed by atoms with Crippen molar-refractivity contribution >= 4 is 23.2 Å². The predicted octanol–water partition coefficient (Wildman–Crippen LogP) is 1.87. The molecular weight excluding hydrogens is 318 g/mol. The fourth-order valence-electron chi connectivity index (χ4n) is 2.79. The van der Waals surface area contributed by atoms with Gasteiger partial charge in [0.2, 0.25) is 5.91 Å². The maximum atomic E-state index is 12.7. The SMILES string of the molecule is Cc1cccc(N2N=C(C(=O)N(C)Cc3cnn(C)c3)CCC2=O)c1. The van der Waals surface area contributed by atoms with Crippen LogP contribution in [0.2, 0.25) is 0 Å². The number of amides is 2. The van der Waals surface area contributed by atoms with Gasteiger partial charge in [-0.25, -0.2) is 5.01 Å². The summed E-state index contributed by atoms with van der Waals surface area (Å²) in [5.41, 5.74) is 3.06. The molecule has 1 aromatic heterocycles. The highest BCUT2D eigenvalue weighted by molar-refractivity contribution is 6.40. The molecule has 2 aromatic rings. The van der Waals surface area contributed by atoms with E-state index < -0.39 is 0 Å². The molecule has 0 spiro atoms. The molecule has 3 rings (SSSR count). The number of hydrogen-bond acceptors (Lipinski definition) is 4. The molecule has 2 amide bonds. The molecule has 7 heteroatoms. The van der Waals surface area contributed by atoms with Crippen molar-refractivity contribution in [2.75, 3.05) is 12.1 Å². The van der Waals surface area contributed by atoms with Crippen LogP contribution in [-0.2, 0) is 23.2 Å². The van der Waals surface area contributed by atoms with Gasteiger partial charge in [0.25, 0.3) is 5.91 Å². The molecule has 0 saturated carbocycles. The Morgan fingerprint density at radius 3 is 2.80 bits per heavy atom. The van der Waals surface area contributed by atoms with Crippen LogP contribution >= 0.6 is 0 Å². The molecule has 0 N–H and O–H groups in total. The largest absolute Gasteiger partial charge is 0.336 e. The fraction of sp³-hybridized carbons (Fsp3) is 0.333. The van der Waals surface area contributed by atoms with Gasteiger partial charge in [-0.15, -0.1) is 0 Å². The van der Waals surface area contributed by atoms with Crippen molar-refractivity contribution < 1.29 is 9.59 Å². The van der Waals surface area contributed by atoms with Crippen LogP contribution in [0.15, 0.2) is 41.8 Å². The summed E-state index contributed by atoms with van der Waals surface area (Å²) >= 11 is 0. The number of carbonyl (C=O) groups is 2. The lowest BCUT2D eigenvalue weighted by Gasteiger charge is -2.25. The van der Waals surface area contributed by atoms with E-state index in [4.69, 9.17) is 0 Å². The third kappa shape index (κ3) is 3.76. The topological polar surface area (TPSA) is 70.8 Å². The number of aromatic nitrogens is 2. The second kappa shape index (κ2) is 6.88. The summed E-state index contributed by atoms with van der Waals surface area (Å²) in [5.74, 6) is -0.272. The average Bonchev–Trinajstić information content (AvgIpc) is 2.99. The van der Waals surface area contributed by atoms with Gasteiger partial charge < -0.3 is 4.90 Å². The second-order valence-corrected chi connectivity index (χ2v) is 6.27. The molecule has 1 aliphatic heterocycles. The number of aryl methyl sites for hydroxylation is 2. The fourth-order valence-corrected chi connectivity index (χ4v) is 2.79. The Balaban J connectivity index is 1.79. The van der Waals surface area contributed by atoms with E-state index in [2.05, 4.69) is 10.2 Å². The maximum absolute atomic E-state index is 12.7. The van der Waals surface area contributed by atoms with Crippen molar-refractivity contribution in [3.63, 3.8) is 0 Å². The number of carbonyl (C=O) groups excluding carboxylic acids is 2. The minimum atomic E-state index is -0.172. The molecule has 25 heavy (non-hydrogen) atoms. The standard InChI is InChI=1S/C18H21N5O2/c1-13-5-4-6-15(9-13)23-17(24)8-7-16(20-23)18(25)21(2)11-14-10-19-22(3)12-14/h4-6,9-10,12H,7-8,11H2,1-3H3. The minimum Gasteiger partial charge on any atom is -0.336 e. The molecule has 0 radical (unpaired) electrons. The molecule has 1 aromatic carbocycles. The van der Waals surface area contributed by atoms with Gasteiger partial charge in [0.05, 0.1) is 11.9 Å². The van der Waals surface area contributed by atoms with Crippen LogP contribution in [0.5, 0.6) is 0 Å². The van der Waals surface area contributed by atoms with E-state index in [-0.39, 0.29) is 18.2 Å². The average molecular weight is 339 g/mol. The molecule has 2 heterocycles. The van der Waals surface area contributed by atoms with Crippen LogP contribution < -0.4 is 5.01 Å². The number of rotatable bonds is 4. The van der Waals surface area contributed by atoms with Crippen LogP contribution in [-0.4, -0.2) is 39.3 Å². The molecule has 0 fully saturated rings. The Bertz CT molecular complexity index is 839. The van der Waals surface area contributed by atoms with Gasteiger partial charge in [-0.3, -0.25) is 14.3 Å². The first-order valence-corrected chi connectivity index (χ1v) is 8.14. The van der Waals surface area contributed by atoms with E-state index in [0.29, 0.717) is 24.4 Å². The van der Waals surface area contributed by atoms with Crippen molar-refractivity contribution in [2.24, 2.45) is 12.1 Å². The summed E-state index contributed by atoms with van der Waals surface area (Å²) in [4.78, 5) is 26.5. The van der Waals surface area contributed by atoms with Gasteiger partial charge in [0.15, 0.2) is 0 Å². The molecule has 7 nitrogen and oxygen atoms in total. The summed E-state index contributed by atoms with van der Waals surface area (Å²) in [6.45, 7) is 2.40. The number of anilines is 1. The maximum Gasteiger partial charge on any atom is 0.270 e. The zero-order chi connectivity index (χ0) is 18.0. The van der Waals surface area contributed by atoms with Crippen LogP contribution in [0.25, 0.3) is 0 Å². The van der Waals surface area contributed by atoms with E-state index >= 15 is 0 Å². The van der Waals surface area contributed by atoms with E-state index in [0.717, 1.165) is 11.1 Å². The van der Waals surface area contributed by atoms with E-state index in [1.165, 1.54) is 5.01 Å². The first-order chi connectivity index (χ1) is 11.9. The Hall–Kier alpha value is -2.96. The summed E-state index contributed by atoms with van der Waals surface area (Å²) in [6, 6.07) is 7.53. The first-order valence-electron chi connectivity index (χ1n) is 8.14. The second-order valence-electron chi connectivity index (χ2n) is 6.27. The smallest absolute Gasteiger partial charge is 0.270 e. The van der Waals surface area contributed by atoms with Crippen LogP contribution in [0.4, 0.5) is 5.69 Å². The molecule has 0 unspecified atom stereocenters. The highest BCUT2D eigenvalue weighted by atomic mass is 16.2. The number of hydrogen-bond donors (Lipinski definition) is 0. The highest BCUT2D eigenvalue weighted by Crippen LogP contribution is 2.21. The van der Waals surface area contributed by atoms with Gasteiger partial charge in [0, 0.05) is 45.2 Å². The van der Waals surface area contributed by atoms with Crippen molar-refractivity contribution in [3.05, 3.63) is 47.8 Å². The molecule has 0 bridgehead atoms. The molecule has 0 atom stereocenters. The van der Waals surface area contributed by atoms with Gasteiger partial charge in [-0.1, -0.05) is 12.1 Å². The lowest BCUT2D eigenvalue weighted by Crippen LogP contribution is -2.39. The quantitative estimate of drug-likeness (QED) is 0.854. The zero-order valence-corrected chi connectivity index (χ0v) is 14.6. The number of hydrazone groups is 1. The normalized spacial score (nSPS) is 14.4. The minimum absolute atomic E-state index is 0.0999. The van der Waals surface area contributed by atoms with Gasteiger partial charge in [0.1, 0.15) is 5.71 Å². The summed E-state index contributed by atoms with van der Waals surface area (Å²) < 4.78 is 1.70. The Kier molecular flexibility index (Phi) is 4.65. The van der Waals surface area contributed by atoms with E-state index in [1.54, 1.807) is 22.8 Å². The van der Waals surface area contributed by atoms with Crippen molar-refractivity contribution in [2.45, 2.75) is 26.3 Å². The third-order valence-corrected chi connectivity index (χ3v) is 4.05. The lowest BCUT2D eigenvalue weighted by molar-refractivity contribution is -0.123. The molecule has 130 valence electrons. The van der Waals surface area contributed by atoms with Crippen molar-refractivity contribution in [1.82, 2.24) is 14.7 Å². The summed E-state index contributed by atoms with van der Waals surface area (Å²) in [7, 11) is 3.56. The molecule has 0 aliphatic carbocycles. The molecular formula is C18H21N5O2. The Labute approximate surface area is 146 Å². The highest BCUT2D eigenvalue weighted by Gasteiger charge is 2.27. The molecule has 0 saturated heterocycles. The van der Waals surface area contributed by atoms with Gasteiger partial charge in [-0.2, -0.15) is 10.2 Å². The number of benzene rings is 1. The Morgan fingerprint density at radius 2 is 2.12 bits per heavy atom. The monoisotopic (exact) mass is 339 g/mol. The van der Waals surface area contributed by atoms with Gasteiger partial charge >= 0.3 is 0 Å². The predicted molar refractivity (Wildman–Crippen MR) is 95.0 cm³/mol. The van der Waals surface area contributed by atoms with E-state index in [9.17, 15) is 9.59 Å². The van der Waals surface area contributed by atoms with E-state index in [1.807, 2.05) is 44.4 Å².